The van der Waals surface area contributed by atoms with E-state index in [1.54, 1.807) is 12.1 Å². The van der Waals surface area contributed by atoms with Crippen molar-refractivity contribution in [2.75, 3.05) is 5.75 Å². The van der Waals surface area contributed by atoms with Crippen molar-refractivity contribution in [2.24, 2.45) is 5.92 Å². The molecule has 1 fully saturated rings. The van der Waals surface area contributed by atoms with Crippen molar-refractivity contribution >= 4 is 40.7 Å². The molecule has 0 atom stereocenters. The van der Waals surface area contributed by atoms with E-state index < -0.39 is 10.8 Å². The minimum absolute atomic E-state index is 0.0527. The summed E-state index contributed by atoms with van der Waals surface area (Å²) in [6.07, 6.45) is 5.46. The Bertz CT molecular complexity index is 691. The summed E-state index contributed by atoms with van der Waals surface area (Å²) in [5.41, 5.74) is 5.32. The molecule has 9 heteroatoms. The zero-order valence-corrected chi connectivity index (χ0v) is 17.3. The zero-order chi connectivity index (χ0) is 19.8. The molecular weight excluding hydrogens is 384 g/mol. The van der Waals surface area contributed by atoms with Crippen molar-refractivity contribution in [1.29, 1.82) is 0 Å². The molecule has 0 unspecified atom stereocenters. The smallest absolute Gasteiger partial charge is 0.283 e. The first kappa shape index (κ1) is 21.4. The third-order valence-electron chi connectivity index (χ3n) is 4.35. The SMILES string of the molecule is CC(C)CCSc1ccc(C(=O)NNC(=S)NC2CCCC2)cc1[N+](=O)[O-]. The molecule has 0 aliphatic heterocycles. The van der Waals surface area contributed by atoms with Crippen LogP contribution in [0.2, 0.25) is 0 Å². The van der Waals surface area contributed by atoms with Gasteiger partial charge in [-0.25, -0.2) is 0 Å². The van der Waals surface area contributed by atoms with Crippen molar-refractivity contribution in [3.05, 3.63) is 33.9 Å². The Kier molecular flexibility index (Phi) is 8.30. The van der Waals surface area contributed by atoms with Gasteiger partial charge >= 0.3 is 0 Å². The Labute approximate surface area is 169 Å². The highest BCUT2D eigenvalue weighted by Crippen LogP contribution is 2.31. The molecule has 0 saturated heterocycles. The standard InChI is InChI=1S/C18H26N4O3S2/c1-12(2)9-10-27-16-8-7-13(11-15(16)22(24)25)17(23)20-21-18(26)19-14-5-3-4-6-14/h7-8,11-12,14H,3-6,9-10H2,1-2H3,(H,20,23)(H2,19,21,26). The van der Waals surface area contributed by atoms with Gasteiger partial charge in [0.1, 0.15) is 0 Å². The zero-order valence-electron chi connectivity index (χ0n) is 15.6. The number of nitro groups is 1. The fraction of sp³-hybridized carbons (Fsp3) is 0.556. The molecule has 7 nitrogen and oxygen atoms in total. The molecule has 1 aliphatic rings. The average molecular weight is 411 g/mol. The molecule has 0 heterocycles. The molecule has 1 aliphatic carbocycles. The van der Waals surface area contributed by atoms with Crippen LogP contribution < -0.4 is 16.2 Å². The van der Waals surface area contributed by atoms with Gasteiger partial charge in [0, 0.05) is 17.7 Å². The Morgan fingerprint density at radius 3 is 2.67 bits per heavy atom. The molecule has 0 radical (unpaired) electrons. The number of hydrazine groups is 1. The number of nitro benzene ring substituents is 1. The van der Waals surface area contributed by atoms with Crippen molar-refractivity contribution in [1.82, 2.24) is 16.2 Å². The third-order valence-corrected chi connectivity index (χ3v) is 5.67. The number of nitrogens with one attached hydrogen (secondary N) is 3. The number of thiocarbonyl (C=S) groups is 1. The second kappa shape index (κ2) is 10.5. The van der Waals surface area contributed by atoms with Crippen LogP contribution in [0.3, 0.4) is 0 Å². The molecule has 0 spiro atoms. The maximum absolute atomic E-state index is 12.3. The van der Waals surface area contributed by atoms with Crippen molar-refractivity contribution in [3.63, 3.8) is 0 Å². The summed E-state index contributed by atoms with van der Waals surface area (Å²) in [6.45, 7) is 4.23. The quantitative estimate of drug-likeness (QED) is 0.272. The monoisotopic (exact) mass is 410 g/mol. The van der Waals surface area contributed by atoms with Gasteiger partial charge in [-0.2, -0.15) is 0 Å². The summed E-state index contributed by atoms with van der Waals surface area (Å²) in [6, 6.07) is 4.87. The molecule has 1 aromatic carbocycles. The minimum atomic E-state index is -0.465. The minimum Gasteiger partial charge on any atom is -0.359 e. The van der Waals surface area contributed by atoms with Gasteiger partial charge in [0.2, 0.25) is 0 Å². The Balaban J connectivity index is 1.93. The van der Waals surface area contributed by atoms with Crippen LogP contribution in [0.25, 0.3) is 0 Å². The number of hydrogen-bond donors (Lipinski definition) is 3. The molecule has 3 N–H and O–H groups in total. The van der Waals surface area contributed by atoms with Gasteiger partial charge in [-0.3, -0.25) is 25.8 Å². The maximum Gasteiger partial charge on any atom is 0.283 e. The van der Waals surface area contributed by atoms with E-state index in [-0.39, 0.29) is 11.3 Å². The number of rotatable bonds is 7. The lowest BCUT2D eigenvalue weighted by atomic mass is 10.2. The lowest BCUT2D eigenvalue weighted by Crippen LogP contribution is -2.49. The Morgan fingerprint density at radius 2 is 2.04 bits per heavy atom. The van der Waals surface area contributed by atoms with E-state index in [2.05, 4.69) is 30.0 Å². The van der Waals surface area contributed by atoms with Crippen LogP contribution in [0.4, 0.5) is 5.69 Å². The highest BCUT2D eigenvalue weighted by molar-refractivity contribution is 7.99. The summed E-state index contributed by atoms with van der Waals surface area (Å²) < 4.78 is 0. The number of carbonyl (C=O) groups is 1. The summed E-state index contributed by atoms with van der Waals surface area (Å²) in [7, 11) is 0. The average Bonchev–Trinajstić information content (AvgIpc) is 3.12. The van der Waals surface area contributed by atoms with E-state index in [4.69, 9.17) is 12.2 Å². The van der Waals surface area contributed by atoms with E-state index in [9.17, 15) is 14.9 Å². The first-order valence-corrected chi connectivity index (χ1v) is 10.5. The Morgan fingerprint density at radius 1 is 1.33 bits per heavy atom. The molecule has 1 saturated carbocycles. The van der Waals surface area contributed by atoms with E-state index in [0.717, 1.165) is 25.0 Å². The molecule has 0 bridgehead atoms. The molecule has 1 amide bonds. The summed E-state index contributed by atoms with van der Waals surface area (Å²) in [5.74, 6) is 0.869. The first-order valence-electron chi connectivity index (χ1n) is 9.15. The van der Waals surface area contributed by atoms with Crippen LogP contribution in [-0.2, 0) is 0 Å². The summed E-state index contributed by atoms with van der Waals surface area (Å²) in [4.78, 5) is 23.8. The van der Waals surface area contributed by atoms with Crippen molar-refractivity contribution in [3.8, 4) is 0 Å². The van der Waals surface area contributed by atoms with Crippen LogP contribution in [0, 0.1) is 16.0 Å². The van der Waals surface area contributed by atoms with Gasteiger partial charge in [0.05, 0.1) is 9.82 Å². The molecule has 148 valence electrons. The number of nitrogens with zero attached hydrogens (tertiary/aromatic N) is 1. The van der Waals surface area contributed by atoms with Gasteiger partial charge < -0.3 is 5.32 Å². The highest BCUT2D eigenvalue weighted by Gasteiger charge is 2.19. The van der Waals surface area contributed by atoms with Crippen LogP contribution in [0.5, 0.6) is 0 Å². The lowest BCUT2D eigenvalue weighted by Gasteiger charge is -2.16. The predicted octanol–water partition coefficient (Wildman–Crippen LogP) is 3.78. The van der Waals surface area contributed by atoms with Crippen LogP contribution in [0.1, 0.15) is 56.3 Å². The number of thioether (sulfide) groups is 1. The number of hydrogen-bond acceptors (Lipinski definition) is 5. The molecule has 1 aromatic rings. The van der Waals surface area contributed by atoms with E-state index in [1.807, 2.05) is 0 Å². The van der Waals surface area contributed by atoms with Crippen LogP contribution in [-0.4, -0.2) is 27.7 Å². The second-order valence-corrected chi connectivity index (χ2v) is 8.55. The molecule has 0 aromatic heterocycles. The summed E-state index contributed by atoms with van der Waals surface area (Å²) in [5, 5.41) is 14.9. The first-order chi connectivity index (χ1) is 12.9. The highest BCUT2D eigenvalue weighted by atomic mass is 32.2. The van der Waals surface area contributed by atoms with Gasteiger partial charge in [0.15, 0.2) is 5.11 Å². The van der Waals surface area contributed by atoms with Gasteiger partial charge in [-0.05, 0) is 55.3 Å². The lowest BCUT2D eigenvalue weighted by molar-refractivity contribution is -0.387. The number of benzene rings is 1. The second-order valence-electron chi connectivity index (χ2n) is 7.00. The predicted molar refractivity (Wildman–Crippen MR) is 112 cm³/mol. The molecular formula is C18H26N4O3S2. The number of amides is 1. The Hall–Kier alpha value is -1.87. The van der Waals surface area contributed by atoms with Crippen molar-refractivity contribution < 1.29 is 9.72 Å². The summed E-state index contributed by atoms with van der Waals surface area (Å²) >= 11 is 6.61. The fourth-order valence-corrected chi connectivity index (χ4v) is 4.28. The van der Waals surface area contributed by atoms with Crippen molar-refractivity contribution in [2.45, 2.75) is 56.9 Å². The van der Waals surface area contributed by atoms with Gasteiger partial charge in [0.25, 0.3) is 11.6 Å². The molecule has 2 rings (SSSR count). The van der Waals surface area contributed by atoms with E-state index in [1.165, 1.54) is 30.7 Å². The van der Waals surface area contributed by atoms with Gasteiger partial charge in [-0.15, -0.1) is 11.8 Å². The molecule has 27 heavy (non-hydrogen) atoms. The van der Waals surface area contributed by atoms with Gasteiger partial charge in [-0.1, -0.05) is 26.7 Å². The normalized spacial score (nSPS) is 14.2. The number of carbonyl (C=O) groups excluding carboxylic acids is 1. The largest absolute Gasteiger partial charge is 0.359 e. The maximum atomic E-state index is 12.3. The third kappa shape index (κ3) is 6.99. The topological polar surface area (TPSA) is 96.3 Å². The van der Waals surface area contributed by atoms with E-state index in [0.29, 0.717) is 22.0 Å². The van der Waals surface area contributed by atoms with E-state index >= 15 is 0 Å². The van der Waals surface area contributed by atoms with Crippen LogP contribution in [0.15, 0.2) is 23.1 Å². The van der Waals surface area contributed by atoms with Crippen LogP contribution >= 0.6 is 24.0 Å². The fourth-order valence-electron chi connectivity index (χ4n) is 2.81.